The third-order valence-electron chi connectivity index (χ3n) is 3.97. The van der Waals surface area contributed by atoms with E-state index in [9.17, 15) is 19.8 Å². The van der Waals surface area contributed by atoms with Gasteiger partial charge in [0.1, 0.15) is 18.8 Å². The van der Waals surface area contributed by atoms with E-state index in [1.807, 2.05) is 24.3 Å². The van der Waals surface area contributed by atoms with Crippen molar-refractivity contribution in [2.45, 2.75) is 13.2 Å². The van der Waals surface area contributed by atoms with Gasteiger partial charge in [-0.3, -0.25) is 0 Å². The number of carbonyl (C=O) groups excluding carboxylic acids is 2. The molecule has 3 aromatic carbocycles. The molecule has 0 atom stereocenters. The number of ether oxygens (including phenoxy) is 2. The number of esters is 2. The van der Waals surface area contributed by atoms with E-state index >= 15 is 0 Å². The lowest BCUT2D eigenvalue weighted by Gasteiger charge is -2.10. The maximum atomic E-state index is 12.3. The van der Waals surface area contributed by atoms with E-state index in [2.05, 4.69) is 0 Å². The summed E-state index contributed by atoms with van der Waals surface area (Å²) in [5.74, 6) is -2.87. The van der Waals surface area contributed by atoms with Gasteiger partial charge in [0, 0.05) is 0 Å². The summed E-state index contributed by atoms with van der Waals surface area (Å²) < 4.78 is 10.3. The Labute approximate surface area is 161 Å². The molecule has 0 bridgehead atoms. The number of hydrogen-bond donors (Lipinski definition) is 2. The summed E-state index contributed by atoms with van der Waals surface area (Å²) in [5.41, 5.74) is 1.17. The van der Waals surface area contributed by atoms with E-state index in [0.29, 0.717) is 0 Å². The SMILES string of the molecule is O=C(OCc1ccccc1)c1cc(O)c(O)c(C(=O)OCc2ccccc2)c1. The van der Waals surface area contributed by atoms with Crippen LogP contribution in [0.3, 0.4) is 0 Å². The predicted octanol–water partition coefficient (Wildman–Crippen LogP) is 3.81. The molecule has 0 aliphatic heterocycles. The van der Waals surface area contributed by atoms with Crippen LogP contribution in [0, 0.1) is 0 Å². The van der Waals surface area contributed by atoms with Gasteiger partial charge in [0.15, 0.2) is 11.5 Å². The molecule has 0 aromatic heterocycles. The van der Waals surface area contributed by atoms with Crippen LogP contribution in [0.2, 0.25) is 0 Å². The number of phenolic OH excluding ortho intramolecular Hbond substituents is 2. The van der Waals surface area contributed by atoms with Crippen LogP contribution < -0.4 is 0 Å². The van der Waals surface area contributed by atoms with E-state index in [1.165, 1.54) is 0 Å². The number of rotatable bonds is 6. The van der Waals surface area contributed by atoms with Gasteiger partial charge in [-0.05, 0) is 23.3 Å². The fraction of sp³-hybridized carbons (Fsp3) is 0.0909. The molecule has 3 rings (SSSR count). The summed E-state index contributed by atoms with van der Waals surface area (Å²) in [6.07, 6.45) is 0. The number of aromatic hydroxyl groups is 2. The summed E-state index contributed by atoms with van der Waals surface area (Å²) >= 11 is 0. The zero-order chi connectivity index (χ0) is 19.9. The molecule has 0 aliphatic rings. The molecule has 3 aromatic rings. The molecule has 142 valence electrons. The smallest absolute Gasteiger partial charge is 0.342 e. The van der Waals surface area contributed by atoms with Crippen molar-refractivity contribution in [3.05, 3.63) is 95.1 Å². The van der Waals surface area contributed by atoms with Crippen molar-refractivity contribution in [1.29, 1.82) is 0 Å². The van der Waals surface area contributed by atoms with Gasteiger partial charge in [-0.15, -0.1) is 0 Å². The number of hydrogen-bond acceptors (Lipinski definition) is 6. The largest absolute Gasteiger partial charge is 0.504 e. The third-order valence-corrected chi connectivity index (χ3v) is 3.97. The van der Waals surface area contributed by atoms with E-state index in [1.54, 1.807) is 36.4 Å². The fourth-order valence-electron chi connectivity index (χ4n) is 2.50. The summed E-state index contributed by atoms with van der Waals surface area (Å²) in [4.78, 5) is 24.6. The molecule has 0 amide bonds. The Balaban J connectivity index is 1.72. The van der Waals surface area contributed by atoms with Crippen molar-refractivity contribution in [3.63, 3.8) is 0 Å². The van der Waals surface area contributed by atoms with Crippen LogP contribution in [0.15, 0.2) is 72.8 Å². The van der Waals surface area contributed by atoms with Crippen LogP contribution in [-0.4, -0.2) is 22.2 Å². The molecule has 0 aliphatic carbocycles. The normalized spacial score (nSPS) is 10.3. The minimum Gasteiger partial charge on any atom is -0.504 e. The van der Waals surface area contributed by atoms with Crippen LogP contribution in [-0.2, 0) is 22.7 Å². The Morgan fingerprint density at radius 3 is 1.75 bits per heavy atom. The molecule has 0 saturated carbocycles. The molecule has 0 fully saturated rings. The third kappa shape index (κ3) is 4.67. The van der Waals surface area contributed by atoms with Crippen molar-refractivity contribution in [1.82, 2.24) is 0 Å². The Morgan fingerprint density at radius 1 is 0.714 bits per heavy atom. The lowest BCUT2D eigenvalue weighted by Crippen LogP contribution is -2.10. The van der Waals surface area contributed by atoms with Crippen molar-refractivity contribution in [3.8, 4) is 11.5 Å². The maximum absolute atomic E-state index is 12.3. The zero-order valence-corrected chi connectivity index (χ0v) is 14.9. The molecule has 6 heteroatoms. The summed E-state index contributed by atoms with van der Waals surface area (Å²) in [7, 11) is 0. The van der Waals surface area contributed by atoms with Gasteiger partial charge in [-0.25, -0.2) is 9.59 Å². The van der Waals surface area contributed by atoms with Crippen molar-refractivity contribution in [2.24, 2.45) is 0 Å². The second-order valence-corrected chi connectivity index (χ2v) is 6.02. The highest BCUT2D eigenvalue weighted by Crippen LogP contribution is 2.31. The molecule has 28 heavy (non-hydrogen) atoms. The van der Waals surface area contributed by atoms with Gasteiger partial charge in [0.25, 0.3) is 0 Å². The molecule has 0 heterocycles. The first kappa shape index (κ1) is 19.0. The van der Waals surface area contributed by atoms with Gasteiger partial charge >= 0.3 is 11.9 Å². The van der Waals surface area contributed by atoms with E-state index < -0.39 is 23.4 Å². The molecular formula is C22H18O6. The van der Waals surface area contributed by atoms with Gasteiger partial charge in [-0.1, -0.05) is 60.7 Å². The van der Waals surface area contributed by atoms with Crippen molar-refractivity contribution >= 4 is 11.9 Å². The predicted molar refractivity (Wildman–Crippen MR) is 101 cm³/mol. The van der Waals surface area contributed by atoms with Crippen LogP contribution in [0.25, 0.3) is 0 Å². The lowest BCUT2D eigenvalue weighted by molar-refractivity contribution is 0.0467. The minimum atomic E-state index is -0.866. The number of carbonyl (C=O) groups is 2. The fourth-order valence-corrected chi connectivity index (χ4v) is 2.50. The Bertz CT molecular complexity index is 967. The van der Waals surface area contributed by atoms with Gasteiger partial charge in [0.2, 0.25) is 0 Å². The molecule has 0 spiro atoms. The van der Waals surface area contributed by atoms with E-state index in [4.69, 9.17) is 9.47 Å². The highest BCUT2D eigenvalue weighted by atomic mass is 16.5. The Kier molecular flexibility index (Phi) is 5.91. The van der Waals surface area contributed by atoms with Crippen molar-refractivity contribution in [2.75, 3.05) is 0 Å². The quantitative estimate of drug-likeness (QED) is 0.500. The maximum Gasteiger partial charge on any atom is 0.342 e. The van der Waals surface area contributed by atoms with Crippen molar-refractivity contribution < 1.29 is 29.3 Å². The lowest BCUT2D eigenvalue weighted by atomic mass is 10.1. The molecular weight excluding hydrogens is 360 g/mol. The highest BCUT2D eigenvalue weighted by Gasteiger charge is 2.21. The summed E-state index contributed by atoms with van der Waals surface area (Å²) in [6, 6.07) is 20.2. The van der Waals surface area contributed by atoms with E-state index in [-0.39, 0.29) is 24.3 Å². The van der Waals surface area contributed by atoms with E-state index in [0.717, 1.165) is 23.3 Å². The Morgan fingerprint density at radius 2 is 1.21 bits per heavy atom. The first-order chi connectivity index (χ1) is 13.5. The second-order valence-electron chi connectivity index (χ2n) is 6.02. The van der Waals surface area contributed by atoms with Gasteiger partial charge in [0.05, 0.1) is 5.56 Å². The number of phenols is 2. The molecule has 6 nitrogen and oxygen atoms in total. The zero-order valence-electron chi connectivity index (χ0n) is 14.9. The average molecular weight is 378 g/mol. The standard InChI is InChI=1S/C22H18O6/c23-19-12-17(21(25)27-13-15-7-3-1-4-8-15)11-18(20(19)24)22(26)28-14-16-9-5-2-6-10-16/h1-12,23-24H,13-14H2. The minimum absolute atomic E-state index is 0.0114. The topological polar surface area (TPSA) is 93.1 Å². The molecule has 0 radical (unpaired) electrons. The number of benzene rings is 3. The summed E-state index contributed by atoms with van der Waals surface area (Å²) in [5, 5.41) is 19.9. The molecule has 0 saturated heterocycles. The molecule has 0 unspecified atom stereocenters. The first-order valence-electron chi connectivity index (χ1n) is 8.52. The monoisotopic (exact) mass is 378 g/mol. The van der Waals surface area contributed by atoms with Crippen LogP contribution in [0.1, 0.15) is 31.8 Å². The van der Waals surface area contributed by atoms with Crippen LogP contribution >= 0.6 is 0 Å². The van der Waals surface area contributed by atoms with Crippen LogP contribution in [0.5, 0.6) is 11.5 Å². The Hall–Kier alpha value is -3.80. The van der Waals surface area contributed by atoms with Gasteiger partial charge in [-0.2, -0.15) is 0 Å². The summed E-state index contributed by atoms with van der Waals surface area (Å²) in [6.45, 7) is 0.0255. The van der Waals surface area contributed by atoms with Gasteiger partial charge < -0.3 is 19.7 Å². The molecule has 2 N–H and O–H groups in total. The first-order valence-corrected chi connectivity index (χ1v) is 8.52. The van der Waals surface area contributed by atoms with Crippen LogP contribution in [0.4, 0.5) is 0 Å². The second kappa shape index (κ2) is 8.73. The highest BCUT2D eigenvalue weighted by molar-refractivity contribution is 5.98. The average Bonchev–Trinajstić information content (AvgIpc) is 2.73.